The van der Waals surface area contributed by atoms with E-state index in [1.165, 1.54) is 4.68 Å². The van der Waals surface area contributed by atoms with Crippen molar-refractivity contribution in [3.05, 3.63) is 11.4 Å². The fraction of sp³-hybridized carbons (Fsp3) is 0.934. The van der Waals surface area contributed by atoms with Gasteiger partial charge in [-0.15, -0.1) is 5.10 Å². The number of rotatable bonds is 17. The summed E-state index contributed by atoms with van der Waals surface area (Å²) in [5.74, 6) is -0.319. The number of fused-ring (bicyclic) bond motifs is 1. The van der Waals surface area contributed by atoms with Crippen LogP contribution >= 0.6 is 0 Å². The molecule has 31 unspecified atom stereocenters. The fourth-order valence-corrected chi connectivity index (χ4v) is 13.8. The molecule has 32 atom stereocenters. The summed E-state index contributed by atoms with van der Waals surface area (Å²) in [6, 6.07) is 0. The van der Waals surface area contributed by atoms with Gasteiger partial charge in [-0.2, -0.15) is 0 Å². The van der Waals surface area contributed by atoms with Gasteiger partial charge in [0.05, 0.1) is 45.3 Å². The van der Waals surface area contributed by atoms with Crippen molar-refractivity contribution in [2.45, 2.75) is 296 Å². The molecule has 558 valence electrons. The first-order valence-electron chi connectivity index (χ1n) is 33.3. The van der Waals surface area contributed by atoms with Gasteiger partial charge in [0.2, 0.25) is 5.91 Å². The molecule has 0 saturated carbocycles. The van der Waals surface area contributed by atoms with Gasteiger partial charge in [-0.05, 0) is 43.9 Å². The molecule has 0 spiro atoms. The van der Waals surface area contributed by atoms with Crippen molar-refractivity contribution < 1.29 is 158 Å². The third kappa shape index (κ3) is 17.8. The highest BCUT2D eigenvalue weighted by Gasteiger charge is 2.59. The summed E-state index contributed by atoms with van der Waals surface area (Å²) in [6.45, 7) is 6.47. The molecule has 24 rings (SSSR count). The summed E-state index contributed by atoms with van der Waals surface area (Å²) in [6.07, 6.45) is -55.0. The number of nitrogens with one attached hydrogen (secondary N) is 1. The first kappa shape index (κ1) is 78.2. The maximum Gasteiger partial charge on any atom is 0.246 e. The molecular formula is C61H102N4O32. The van der Waals surface area contributed by atoms with Gasteiger partial charge < -0.3 is 154 Å². The van der Waals surface area contributed by atoms with E-state index in [2.05, 4.69) is 36.4 Å². The van der Waals surface area contributed by atoms with Crippen molar-refractivity contribution in [1.29, 1.82) is 0 Å². The molecule has 23 aliphatic rings. The van der Waals surface area contributed by atoms with Crippen molar-refractivity contribution in [1.82, 2.24) is 20.3 Å². The lowest BCUT2D eigenvalue weighted by molar-refractivity contribution is -0.403. The Bertz CT molecular complexity index is 2630. The van der Waals surface area contributed by atoms with E-state index in [-0.39, 0.29) is 23.7 Å². The van der Waals surface area contributed by atoms with Crippen LogP contribution in [0.3, 0.4) is 0 Å². The van der Waals surface area contributed by atoms with E-state index in [0.29, 0.717) is 69.3 Å². The highest BCUT2D eigenvalue weighted by atomic mass is 16.8. The summed E-state index contributed by atoms with van der Waals surface area (Å²) in [4.78, 5) is 26.7. The van der Waals surface area contributed by atoms with Crippen molar-refractivity contribution in [2.24, 2.45) is 16.7 Å². The minimum absolute atomic E-state index is 0.0554. The Morgan fingerprint density at radius 3 is 1.18 bits per heavy atom. The van der Waals surface area contributed by atoms with Crippen LogP contribution in [0, 0.1) is 16.7 Å². The number of aromatic nitrogens is 3. The van der Waals surface area contributed by atoms with E-state index in [9.17, 15) is 96.4 Å². The average Bonchev–Trinajstić information content (AvgIpc) is 1.02. The number of unbranched alkanes of at least 4 members (excludes halogenated alkanes) is 1. The van der Waals surface area contributed by atoms with Crippen LogP contribution in [0.1, 0.15) is 110 Å². The van der Waals surface area contributed by atoms with Crippen LogP contribution < -0.4 is 5.32 Å². The maximum atomic E-state index is 13.3. The maximum absolute atomic E-state index is 13.3. The largest absolute Gasteiger partial charge is 0.394 e. The topological polar surface area (TPSA) is 541 Å². The number of hydrogen-bond acceptors (Lipinski definition) is 34. The second-order valence-electron chi connectivity index (χ2n) is 28.6. The first-order chi connectivity index (χ1) is 45.9. The van der Waals surface area contributed by atoms with Crippen molar-refractivity contribution in [3.63, 3.8) is 0 Å². The third-order valence-corrected chi connectivity index (χ3v) is 19.1. The summed E-state index contributed by atoms with van der Waals surface area (Å²) >= 11 is 0. The number of ketones is 1. The zero-order valence-electron chi connectivity index (χ0n) is 55.1. The number of amides is 1. The molecule has 22 saturated heterocycles. The first-order valence-corrected chi connectivity index (χ1v) is 33.3. The number of hydrogen-bond donors (Lipinski definition) is 18. The van der Waals surface area contributed by atoms with Crippen LogP contribution in [0.25, 0.3) is 0 Å². The zero-order valence-corrected chi connectivity index (χ0v) is 55.1. The average molecular weight is 1400 g/mol. The van der Waals surface area contributed by atoms with Crippen LogP contribution in [-0.2, 0) is 84.1 Å². The van der Waals surface area contributed by atoms with Crippen LogP contribution in [0.4, 0.5) is 0 Å². The quantitative estimate of drug-likeness (QED) is 0.0644. The van der Waals surface area contributed by atoms with E-state index in [4.69, 9.17) is 61.6 Å². The number of aliphatic hydroxyl groups excluding tert-OH is 17. The summed E-state index contributed by atoms with van der Waals surface area (Å²) in [5.41, 5.74) is 0.285. The summed E-state index contributed by atoms with van der Waals surface area (Å²) < 4.78 is 78.7. The van der Waals surface area contributed by atoms with Crippen molar-refractivity contribution in [3.8, 4) is 0 Å². The SMILES string of the molecule is CC(C)(C)C[C@H](CCCCNC(=O)COC1CCCCCc2c1nnn2CC1OC2OC3C(CO)OC(OC4C(CO)OC(OC5C(CO)OC(OC6C(CO)OC(OC7C(CO)OC(OC1C(O)C2O)C(O)C7O)C(O)C6O)C(O)C5O)C(O)C4O)C(O)C3O)C(=O)C(C)(C)C. The lowest BCUT2D eigenvalue weighted by Crippen LogP contribution is -2.69. The number of carbonyl (C=O) groups is 2. The Kier molecular flexibility index (Phi) is 27.2. The Labute approximate surface area is 559 Å². The van der Waals surface area contributed by atoms with Gasteiger partial charge in [0.25, 0.3) is 0 Å². The number of Topliss-reactive ketones (excluding diaryl/α,β-unsaturated/α-hetero) is 1. The molecule has 0 radical (unpaired) electrons. The number of nitrogens with zero attached hydrogens (tertiary/aromatic N) is 3. The molecule has 36 nitrogen and oxygen atoms in total. The fourth-order valence-electron chi connectivity index (χ4n) is 13.8. The van der Waals surface area contributed by atoms with Crippen molar-refractivity contribution >= 4 is 11.7 Å². The smallest absolute Gasteiger partial charge is 0.246 e. The molecule has 1 aliphatic carbocycles. The predicted octanol–water partition coefficient (Wildman–Crippen LogP) is -7.63. The Morgan fingerprint density at radius 1 is 0.485 bits per heavy atom. The van der Waals surface area contributed by atoms with Gasteiger partial charge in [0.1, 0.15) is 171 Å². The van der Waals surface area contributed by atoms with Gasteiger partial charge in [-0.25, -0.2) is 4.68 Å². The Hall–Kier alpha value is -2.92. The lowest BCUT2D eigenvalue weighted by Gasteiger charge is -2.50. The molecule has 22 fully saturated rings. The van der Waals surface area contributed by atoms with E-state index in [1.54, 1.807) is 0 Å². The Morgan fingerprint density at radius 2 is 0.835 bits per heavy atom. The second-order valence-corrected chi connectivity index (χ2v) is 28.6. The minimum Gasteiger partial charge on any atom is -0.394 e. The van der Waals surface area contributed by atoms with E-state index >= 15 is 0 Å². The van der Waals surface area contributed by atoms with Gasteiger partial charge in [0, 0.05) is 17.9 Å². The third-order valence-electron chi connectivity index (χ3n) is 19.1. The zero-order chi connectivity index (χ0) is 70.7. The molecule has 1 aromatic rings. The van der Waals surface area contributed by atoms with E-state index in [1.807, 2.05) is 20.8 Å². The lowest BCUT2D eigenvalue weighted by atomic mass is 9.74. The predicted molar refractivity (Wildman–Crippen MR) is 318 cm³/mol. The highest BCUT2D eigenvalue weighted by molar-refractivity contribution is 5.86. The van der Waals surface area contributed by atoms with Gasteiger partial charge in [-0.3, -0.25) is 9.59 Å². The number of carbonyl (C=O) groups excluding carboxylic acids is 2. The van der Waals surface area contributed by atoms with Gasteiger partial charge in [0.15, 0.2) is 37.7 Å². The van der Waals surface area contributed by atoms with Gasteiger partial charge in [-0.1, -0.05) is 66.0 Å². The normalized spacial score (nSPS) is 43.8. The molecule has 1 amide bonds. The number of ether oxygens (including phenoxy) is 13. The molecule has 36 heteroatoms. The molecule has 23 heterocycles. The molecule has 0 aromatic carbocycles. The van der Waals surface area contributed by atoms with Crippen LogP contribution in [0.15, 0.2) is 0 Å². The standard InChI is InChI=1S/C61H102N4O32/c1-60(2,3)16-24(53(84)61(4,5)6)12-10-11-15-62-33(71)23-85-26-14-9-7-8-13-25-34(26)63-64-65(25)17-27-47-35(72)41(78)54(86-27)93-48-28(18-66)88-56(43(80)37(48)74)95-50-30(20-68)90-58(45(82)39(50)76)97-52-32(22-70)91-59(46(83)40(52)77)96-51-31(21-69)89-57(44(81)38(51)75)94-49-29(19-67)87-55(92-47)42(79)36(49)73/h24,26-32,35-52,54-59,66-70,72-83H,7-23H2,1-6H3,(H,62,71)/t24-,26?,27?,28?,29?,30?,31?,32?,35?,36?,37?,38?,39?,40?,41?,42?,43?,44?,45?,46?,47?,48?,49?,50?,51?,52?,54?,55?,56?,57?,58?,59?/m0/s1. The van der Waals surface area contributed by atoms with Crippen molar-refractivity contribution in [2.75, 3.05) is 46.2 Å². The summed E-state index contributed by atoms with van der Waals surface area (Å²) in [5, 5.41) is 205. The summed E-state index contributed by atoms with van der Waals surface area (Å²) in [7, 11) is 0. The minimum atomic E-state index is -2.21. The molecule has 1 aromatic heterocycles. The van der Waals surface area contributed by atoms with E-state index < -0.39 is 241 Å². The number of aliphatic hydroxyl groups is 17. The molecule has 22 aliphatic heterocycles. The van der Waals surface area contributed by atoms with Crippen LogP contribution in [0.2, 0.25) is 0 Å². The molecule has 97 heavy (non-hydrogen) atoms. The molecular weight excluding hydrogens is 1300 g/mol. The van der Waals surface area contributed by atoms with Crippen LogP contribution in [-0.4, -0.2) is 344 Å². The van der Waals surface area contributed by atoms with E-state index in [0.717, 1.165) is 6.42 Å². The van der Waals surface area contributed by atoms with Crippen LogP contribution in [0.5, 0.6) is 0 Å². The monoisotopic (exact) mass is 1400 g/mol. The van der Waals surface area contributed by atoms with Gasteiger partial charge >= 0.3 is 0 Å². The highest BCUT2D eigenvalue weighted by Crippen LogP contribution is 2.40. The Balaban J connectivity index is 0.978. The molecule has 12 bridgehead atoms. The second kappa shape index (κ2) is 33.7. The molecule has 18 N–H and O–H groups in total.